The van der Waals surface area contributed by atoms with E-state index in [0.717, 1.165) is 0 Å². The van der Waals surface area contributed by atoms with Crippen molar-refractivity contribution in [3.05, 3.63) is 35.9 Å². The van der Waals surface area contributed by atoms with E-state index in [2.05, 4.69) is 37.2 Å². The molecule has 0 aromatic heterocycles. The second-order valence-electron chi connectivity index (χ2n) is 16.3. The predicted octanol–water partition coefficient (Wildman–Crippen LogP) is -1.40. The third-order valence-corrected chi connectivity index (χ3v) is 9.45. The number of hydrogen-bond acceptors (Lipinski definition) is 11. The number of benzene rings is 1. The zero-order valence-electron chi connectivity index (χ0n) is 36.5. The van der Waals surface area contributed by atoms with Gasteiger partial charge in [-0.15, -0.1) is 0 Å². The number of carbonyl (C=O) groups excluding carboxylic acids is 8. The van der Waals surface area contributed by atoms with Crippen molar-refractivity contribution >= 4 is 59.2 Å². The van der Waals surface area contributed by atoms with E-state index in [1.807, 2.05) is 0 Å². The second-order valence-corrected chi connectivity index (χ2v) is 16.3. The summed E-state index contributed by atoms with van der Waals surface area (Å²) in [5, 5.41) is 47.3. The van der Waals surface area contributed by atoms with Crippen molar-refractivity contribution in [2.75, 3.05) is 0 Å². The van der Waals surface area contributed by atoms with Gasteiger partial charge in [-0.1, -0.05) is 71.9 Å². The van der Waals surface area contributed by atoms with Crippen molar-refractivity contribution < 1.29 is 63.3 Å². The number of carboxylic acids is 2. The Labute approximate surface area is 360 Å². The third kappa shape index (κ3) is 20.0. The molecule has 0 aliphatic rings. The molecule has 21 heteroatoms. The van der Waals surface area contributed by atoms with Gasteiger partial charge in [0.15, 0.2) is 0 Å². The summed E-state index contributed by atoms with van der Waals surface area (Å²) in [4.78, 5) is 127. The quantitative estimate of drug-likeness (QED) is 0.0485. The molecule has 0 heterocycles. The molecule has 8 atom stereocenters. The summed E-state index contributed by atoms with van der Waals surface area (Å²) in [7, 11) is 0. The van der Waals surface area contributed by atoms with Gasteiger partial charge in [-0.25, -0.2) is 4.79 Å². The van der Waals surface area contributed by atoms with Crippen LogP contribution < -0.4 is 43.0 Å². The van der Waals surface area contributed by atoms with Crippen LogP contribution in [-0.2, 0) is 54.4 Å². The van der Waals surface area contributed by atoms with Gasteiger partial charge >= 0.3 is 11.9 Å². The minimum atomic E-state index is -1.54. The number of rotatable bonds is 27. The largest absolute Gasteiger partial charge is 0.481 e. The Balaban J connectivity index is 3.09. The van der Waals surface area contributed by atoms with Crippen molar-refractivity contribution in [2.24, 2.45) is 23.5 Å². The molecule has 62 heavy (non-hydrogen) atoms. The van der Waals surface area contributed by atoms with Gasteiger partial charge in [0.05, 0.1) is 25.0 Å². The molecule has 0 saturated heterocycles. The van der Waals surface area contributed by atoms with Gasteiger partial charge in [0, 0.05) is 19.8 Å². The van der Waals surface area contributed by atoms with E-state index in [4.69, 9.17) is 5.73 Å². The lowest BCUT2D eigenvalue weighted by Gasteiger charge is -2.29. The number of aliphatic hydroxyl groups is 1. The molecule has 1 rings (SSSR count). The third-order valence-electron chi connectivity index (χ3n) is 9.45. The molecule has 0 spiro atoms. The molecular formula is C41H64N8O13. The standard InChI is InChI=1S/C41H64N8O13/c1-20(2)16-27(46-38(58)28(18-31(42)52)47-40(60)34(21(3)4)44-24(8)50)30(51)19-32(53)49-35(22(5)6)39(59)43-23(7)36(56)45-26(14-15-33(54)55)37(57)48-29(41(61)62)17-25-12-10-9-11-13-25/h9-13,20-23,26-30,34-35,51H,14-19H2,1-8H3,(H2,42,52)(H,43,59)(H,44,50)(H,45,56)(H,46,58)(H,47,60)(H,48,57)(H,49,53)(H,54,55)(H,61,62)/t23-,26-,27-,28-,29-,30-,34-,35-/m0/s1. The maximum atomic E-state index is 13.4. The second kappa shape index (κ2) is 26.3. The van der Waals surface area contributed by atoms with E-state index >= 15 is 0 Å². The Morgan fingerprint density at radius 2 is 1.13 bits per heavy atom. The van der Waals surface area contributed by atoms with Crippen molar-refractivity contribution in [3.63, 3.8) is 0 Å². The molecule has 0 bridgehead atoms. The maximum absolute atomic E-state index is 13.4. The Bertz CT molecular complexity index is 1740. The van der Waals surface area contributed by atoms with Crippen LogP contribution in [0.2, 0.25) is 0 Å². The lowest BCUT2D eigenvalue weighted by atomic mass is 9.95. The summed E-state index contributed by atoms with van der Waals surface area (Å²) >= 11 is 0. The number of hydrogen-bond donors (Lipinski definition) is 11. The molecule has 8 amide bonds. The summed E-state index contributed by atoms with van der Waals surface area (Å²) in [5.41, 5.74) is 5.95. The number of nitrogens with two attached hydrogens (primary N) is 1. The Morgan fingerprint density at radius 1 is 0.613 bits per heavy atom. The molecule has 0 aliphatic heterocycles. The molecule has 346 valence electrons. The summed E-state index contributed by atoms with van der Waals surface area (Å²) in [6, 6.07) is -0.755. The highest BCUT2D eigenvalue weighted by molar-refractivity contribution is 5.96. The fraction of sp³-hybridized carbons (Fsp3) is 0.610. The van der Waals surface area contributed by atoms with Crippen molar-refractivity contribution in [1.29, 1.82) is 0 Å². The van der Waals surface area contributed by atoms with Crippen LogP contribution in [0, 0.1) is 17.8 Å². The monoisotopic (exact) mass is 876 g/mol. The van der Waals surface area contributed by atoms with Crippen LogP contribution in [-0.4, -0.2) is 123 Å². The lowest BCUT2D eigenvalue weighted by Crippen LogP contribution is -2.59. The molecule has 12 N–H and O–H groups in total. The zero-order chi connectivity index (χ0) is 47.4. The summed E-state index contributed by atoms with van der Waals surface area (Å²) in [5.74, 6) is -10.4. The number of nitrogens with one attached hydrogen (secondary N) is 7. The van der Waals surface area contributed by atoms with E-state index < -0.39 is 145 Å². The van der Waals surface area contributed by atoms with Crippen molar-refractivity contribution in [1.82, 2.24) is 37.2 Å². The lowest BCUT2D eigenvalue weighted by molar-refractivity contribution is -0.143. The molecular weight excluding hydrogens is 812 g/mol. The first-order chi connectivity index (χ1) is 28.8. The molecule has 1 aromatic rings. The van der Waals surface area contributed by atoms with Crippen LogP contribution >= 0.6 is 0 Å². The van der Waals surface area contributed by atoms with Crippen molar-refractivity contribution in [3.8, 4) is 0 Å². The van der Waals surface area contributed by atoms with Gasteiger partial charge in [-0.3, -0.25) is 43.2 Å². The van der Waals surface area contributed by atoms with E-state index in [1.54, 1.807) is 71.9 Å². The molecule has 1 aromatic carbocycles. The topological polar surface area (TPSA) is 342 Å². The molecule has 0 unspecified atom stereocenters. The van der Waals surface area contributed by atoms with Gasteiger partial charge in [0.25, 0.3) is 0 Å². The average Bonchev–Trinajstić information content (AvgIpc) is 3.15. The van der Waals surface area contributed by atoms with Crippen molar-refractivity contribution in [2.45, 2.75) is 142 Å². The first-order valence-corrected chi connectivity index (χ1v) is 20.4. The van der Waals surface area contributed by atoms with Crippen LogP contribution in [0.15, 0.2) is 30.3 Å². The highest BCUT2D eigenvalue weighted by Crippen LogP contribution is 2.14. The van der Waals surface area contributed by atoms with Gasteiger partial charge in [0.1, 0.15) is 36.3 Å². The number of amides is 8. The summed E-state index contributed by atoms with van der Waals surface area (Å²) in [6.45, 7) is 12.6. The van der Waals surface area contributed by atoms with Crippen LogP contribution in [0.5, 0.6) is 0 Å². The van der Waals surface area contributed by atoms with E-state index in [9.17, 15) is 63.3 Å². The van der Waals surface area contributed by atoms with Gasteiger partial charge in [0.2, 0.25) is 47.3 Å². The van der Waals surface area contributed by atoms with Crippen LogP contribution in [0.3, 0.4) is 0 Å². The normalized spacial score (nSPS) is 15.0. The first-order valence-electron chi connectivity index (χ1n) is 20.4. The van der Waals surface area contributed by atoms with E-state index in [1.165, 1.54) is 13.8 Å². The Hall–Kier alpha value is -6.12. The Kier molecular flexibility index (Phi) is 22.8. The van der Waals surface area contributed by atoms with Gasteiger partial charge in [-0.05, 0) is 43.1 Å². The number of carboxylic acid groups (broad SMARTS) is 2. The van der Waals surface area contributed by atoms with Gasteiger partial charge < -0.3 is 58.3 Å². The van der Waals surface area contributed by atoms with E-state index in [-0.39, 0.29) is 18.8 Å². The molecule has 0 radical (unpaired) electrons. The van der Waals surface area contributed by atoms with Crippen LogP contribution in [0.4, 0.5) is 0 Å². The number of primary amides is 1. The molecule has 0 saturated carbocycles. The number of carbonyl (C=O) groups is 10. The summed E-state index contributed by atoms with van der Waals surface area (Å²) < 4.78 is 0. The fourth-order valence-corrected chi connectivity index (χ4v) is 6.15. The molecule has 21 nitrogen and oxygen atoms in total. The molecule has 0 aliphatic carbocycles. The van der Waals surface area contributed by atoms with Gasteiger partial charge in [-0.2, -0.15) is 0 Å². The number of aliphatic carboxylic acids is 2. The van der Waals surface area contributed by atoms with Crippen LogP contribution in [0.1, 0.15) is 93.1 Å². The highest BCUT2D eigenvalue weighted by atomic mass is 16.4. The average molecular weight is 877 g/mol. The minimum Gasteiger partial charge on any atom is -0.481 e. The van der Waals surface area contributed by atoms with Crippen LogP contribution in [0.25, 0.3) is 0 Å². The summed E-state index contributed by atoms with van der Waals surface area (Å²) in [6.07, 6.45) is -3.73. The molecule has 0 fully saturated rings. The minimum absolute atomic E-state index is 0.0988. The predicted molar refractivity (Wildman–Crippen MR) is 223 cm³/mol. The Morgan fingerprint density at radius 3 is 1.63 bits per heavy atom. The smallest absolute Gasteiger partial charge is 0.326 e. The fourth-order valence-electron chi connectivity index (χ4n) is 6.15. The SMILES string of the molecule is CC(=O)N[C@H](C(=O)N[C@@H](CC(N)=O)C(=O)N[C@@H](CC(C)C)[C@@H](O)CC(=O)N[C@H](C(=O)N[C@@H](C)C(=O)N[C@@H](CCC(=O)O)C(=O)N[C@@H](Cc1ccccc1)C(=O)O)C(C)C)C(C)C. The number of aliphatic hydroxyl groups excluding tert-OH is 1. The highest BCUT2D eigenvalue weighted by Gasteiger charge is 2.34. The zero-order valence-corrected chi connectivity index (χ0v) is 36.5. The maximum Gasteiger partial charge on any atom is 0.326 e. The first kappa shape index (κ1) is 53.9. The van der Waals surface area contributed by atoms with E-state index in [0.29, 0.717) is 5.56 Å².